The van der Waals surface area contributed by atoms with Gasteiger partial charge >= 0.3 is 6.18 Å². The number of pyridine rings is 1. The van der Waals surface area contributed by atoms with Crippen molar-refractivity contribution in [3.63, 3.8) is 0 Å². The Kier molecular flexibility index (Phi) is 8.94. The number of benzene rings is 2. The molecule has 0 spiro atoms. The van der Waals surface area contributed by atoms with E-state index in [9.17, 15) is 23.1 Å². The molecule has 1 aromatic heterocycles. The van der Waals surface area contributed by atoms with Gasteiger partial charge < -0.3 is 21.1 Å². The first kappa shape index (κ1) is 30.0. The molecule has 1 aliphatic rings. The maximum atomic E-state index is 15.0. The topological polar surface area (TPSA) is 91.5 Å². The molecular formula is C31H32F4N4O2. The number of alkyl halides is 3. The van der Waals surface area contributed by atoms with Crippen LogP contribution in [0.25, 0.3) is 0 Å². The highest BCUT2D eigenvalue weighted by Crippen LogP contribution is 2.41. The van der Waals surface area contributed by atoms with Crippen LogP contribution >= 0.6 is 0 Å². The molecule has 1 fully saturated rings. The highest BCUT2D eigenvalue weighted by Gasteiger charge is 2.36. The summed E-state index contributed by atoms with van der Waals surface area (Å²) in [6, 6.07) is 13.9. The number of nitrogens with one attached hydrogen (secondary N) is 1. The first-order chi connectivity index (χ1) is 19.4. The normalized spacial score (nSPS) is 15.2. The Morgan fingerprint density at radius 2 is 1.93 bits per heavy atom. The Morgan fingerprint density at radius 3 is 2.56 bits per heavy atom. The van der Waals surface area contributed by atoms with Crippen LogP contribution in [0.15, 0.2) is 90.9 Å². The molecule has 10 heteroatoms. The number of anilines is 2. The van der Waals surface area contributed by atoms with Gasteiger partial charge in [0, 0.05) is 37.2 Å². The van der Waals surface area contributed by atoms with Crippen molar-refractivity contribution in [1.29, 1.82) is 0 Å². The molecule has 1 atom stereocenters. The van der Waals surface area contributed by atoms with Crippen LogP contribution < -0.4 is 16.0 Å². The molecule has 2 aromatic carbocycles. The summed E-state index contributed by atoms with van der Waals surface area (Å²) in [5, 5.41) is 14.2. The second kappa shape index (κ2) is 12.2. The fourth-order valence-electron chi connectivity index (χ4n) is 4.54. The summed E-state index contributed by atoms with van der Waals surface area (Å²) in [6.07, 6.45) is 2.16. The number of nitrogens with zero attached hydrogens (tertiary/aromatic N) is 2. The number of allylic oxidation sites excluding steroid dienone is 2. The summed E-state index contributed by atoms with van der Waals surface area (Å²) >= 11 is 0. The van der Waals surface area contributed by atoms with Crippen molar-refractivity contribution in [1.82, 2.24) is 4.98 Å². The molecule has 4 N–H and O–H groups in total. The van der Waals surface area contributed by atoms with E-state index in [0.29, 0.717) is 40.8 Å². The lowest BCUT2D eigenvalue weighted by Gasteiger charge is -2.30. The van der Waals surface area contributed by atoms with E-state index in [2.05, 4.69) is 16.9 Å². The molecule has 0 aliphatic heterocycles. The van der Waals surface area contributed by atoms with Crippen molar-refractivity contribution in [2.75, 3.05) is 17.3 Å². The molecule has 0 bridgehead atoms. The van der Waals surface area contributed by atoms with Crippen molar-refractivity contribution in [3.8, 4) is 0 Å². The Hall–Kier alpha value is -4.02. The number of hydrogen-bond acceptors (Lipinski definition) is 5. The third-order valence-electron chi connectivity index (χ3n) is 7.25. The molecule has 1 unspecified atom stereocenters. The van der Waals surface area contributed by atoms with Gasteiger partial charge in [0.1, 0.15) is 17.1 Å². The van der Waals surface area contributed by atoms with E-state index < -0.39 is 34.8 Å². The molecule has 41 heavy (non-hydrogen) atoms. The standard InChI is InChI=1S/C31H32F4N4O2/c1-20(31(33,34)35)15-28(39(2)25-7-3-5-22(16-25)18-36)29(40)38-27-17-23(10-11-26(27)32)30(41,13-12-21-8-9-21)24-6-4-14-37-19-24/h3-7,10-11,14-17,19,21,41H,1,8-9,12-13,18,36H2,2H3,(H,38,40)/b28-15-. The smallest absolute Gasteiger partial charge is 0.380 e. The van der Waals surface area contributed by atoms with Crippen LogP contribution in [0.4, 0.5) is 28.9 Å². The maximum absolute atomic E-state index is 15.0. The van der Waals surface area contributed by atoms with Crippen LogP contribution in [0.5, 0.6) is 0 Å². The van der Waals surface area contributed by atoms with Gasteiger partial charge in [0.15, 0.2) is 0 Å². The van der Waals surface area contributed by atoms with Gasteiger partial charge in [-0.1, -0.05) is 43.7 Å². The largest absolute Gasteiger partial charge is 0.415 e. The zero-order chi connectivity index (χ0) is 29.8. The zero-order valence-electron chi connectivity index (χ0n) is 22.6. The molecule has 4 rings (SSSR count). The number of carbonyl (C=O) groups excluding carboxylic acids is 1. The number of carbonyl (C=O) groups is 1. The highest BCUT2D eigenvalue weighted by molar-refractivity contribution is 6.06. The quantitative estimate of drug-likeness (QED) is 0.146. The number of nitrogens with two attached hydrogens (primary N) is 1. The molecule has 0 radical (unpaired) electrons. The first-order valence-electron chi connectivity index (χ1n) is 13.2. The van der Waals surface area contributed by atoms with Crippen molar-refractivity contribution in [3.05, 3.63) is 113 Å². The van der Waals surface area contributed by atoms with Gasteiger partial charge in [0.05, 0.1) is 11.3 Å². The van der Waals surface area contributed by atoms with Crippen LogP contribution in [0, 0.1) is 11.7 Å². The van der Waals surface area contributed by atoms with Gasteiger partial charge in [-0.15, -0.1) is 0 Å². The van der Waals surface area contributed by atoms with E-state index in [-0.39, 0.29) is 12.2 Å². The van der Waals surface area contributed by atoms with E-state index in [1.807, 2.05) is 0 Å². The maximum Gasteiger partial charge on any atom is 0.415 e. The summed E-state index contributed by atoms with van der Waals surface area (Å²) in [7, 11) is 1.41. The third-order valence-corrected chi connectivity index (χ3v) is 7.25. The minimum Gasteiger partial charge on any atom is -0.380 e. The van der Waals surface area contributed by atoms with E-state index in [0.717, 1.165) is 25.3 Å². The van der Waals surface area contributed by atoms with Crippen molar-refractivity contribution >= 4 is 17.3 Å². The predicted octanol–water partition coefficient (Wildman–Crippen LogP) is 6.18. The number of likely N-dealkylation sites (N-methyl/N-ethyl adjacent to an activating group) is 1. The van der Waals surface area contributed by atoms with Gasteiger partial charge in [-0.25, -0.2) is 4.39 Å². The van der Waals surface area contributed by atoms with Crippen LogP contribution in [-0.2, 0) is 16.9 Å². The minimum atomic E-state index is -4.79. The lowest BCUT2D eigenvalue weighted by molar-refractivity contribution is -0.113. The Bertz CT molecular complexity index is 1440. The molecule has 1 saturated carbocycles. The van der Waals surface area contributed by atoms with Crippen molar-refractivity contribution in [2.24, 2.45) is 11.7 Å². The summed E-state index contributed by atoms with van der Waals surface area (Å²) < 4.78 is 55.3. The Morgan fingerprint density at radius 1 is 1.17 bits per heavy atom. The third kappa shape index (κ3) is 7.20. The fraction of sp³-hybridized carbons (Fsp3) is 0.290. The average Bonchev–Trinajstić information content (AvgIpc) is 3.80. The SMILES string of the molecule is C=C(/C=C(/C(=O)Nc1cc(C(O)(CCC2CC2)c2cccnc2)ccc1F)N(C)c1cccc(CN)c1)C(F)(F)F. The zero-order valence-corrected chi connectivity index (χ0v) is 22.6. The number of halogens is 4. The molecule has 1 amide bonds. The van der Waals surface area contributed by atoms with Gasteiger partial charge in [-0.2, -0.15) is 13.2 Å². The predicted molar refractivity (Wildman–Crippen MR) is 150 cm³/mol. The van der Waals surface area contributed by atoms with E-state index in [4.69, 9.17) is 5.73 Å². The van der Waals surface area contributed by atoms with Gasteiger partial charge in [-0.3, -0.25) is 9.78 Å². The monoisotopic (exact) mass is 568 g/mol. The molecule has 6 nitrogen and oxygen atoms in total. The van der Waals surface area contributed by atoms with Gasteiger partial charge in [-0.05, 0) is 66.3 Å². The van der Waals surface area contributed by atoms with E-state index >= 15 is 4.39 Å². The minimum absolute atomic E-state index is 0.181. The number of hydrogen-bond donors (Lipinski definition) is 3. The molecule has 3 aromatic rings. The summed E-state index contributed by atoms with van der Waals surface area (Å²) in [5.74, 6) is -1.32. The number of rotatable bonds is 11. The molecular weight excluding hydrogens is 536 g/mol. The second-order valence-corrected chi connectivity index (χ2v) is 10.2. The summed E-state index contributed by atoms with van der Waals surface area (Å²) in [4.78, 5) is 18.8. The second-order valence-electron chi connectivity index (χ2n) is 10.2. The average molecular weight is 569 g/mol. The lowest BCUT2D eigenvalue weighted by Crippen LogP contribution is -2.30. The van der Waals surface area contributed by atoms with E-state index in [1.165, 1.54) is 30.3 Å². The van der Waals surface area contributed by atoms with Gasteiger partial charge in [0.2, 0.25) is 0 Å². The van der Waals surface area contributed by atoms with Crippen molar-refractivity contribution < 1.29 is 27.5 Å². The van der Waals surface area contributed by atoms with E-state index in [1.54, 1.807) is 42.6 Å². The van der Waals surface area contributed by atoms with Crippen LogP contribution in [-0.4, -0.2) is 29.2 Å². The fourth-order valence-corrected chi connectivity index (χ4v) is 4.54. The van der Waals surface area contributed by atoms with Crippen LogP contribution in [0.1, 0.15) is 42.4 Å². The molecule has 1 heterocycles. The number of aliphatic hydroxyl groups is 1. The molecule has 1 aliphatic carbocycles. The van der Waals surface area contributed by atoms with Gasteiger partial charge in [0.25, 0.3) is 5.91 Å². The molecule has 216 valence electrons. The number of amides is 1. The summed E-state index contributed by atoms with van der Waals surface area (Å²) in [6.45, 7) is 3.24. The Labute approximate surface area is 236 Å². The van der Waals surface area contributed by atoms with Crippen LogP contribution in [0.3, 0.4) is 0 Å². The Balaban J connectivity index is 1.70. The number of aromatic nitrogens is 1. The highest BCUT2D eigenvalue weighted by atomic mass is 19.4. The van der Waals surface area contributed by atoms with Crippen molar-refractivity contribution in [2.45, 2.75) is 44.0 Å². The first-order valence-corrected chi connectivity index (χ1v) is 13.2. The lowest BCUT2D eigenvalue weighted by atomic mass is 9.82. The summed E-state index contributed by atoms with van der Waals surface area (Å²) in [5.41, 5.74) is 4.11. The van der Waals surface area contributed by atoms with Crippen LogP contribution in [0.2, 0.25) is 0 Å². The molecule has 0 saturated heterocycles.